The number of ether oxygens (including phenoxy) is 1. The van der Waals surface area contributed by atoms with E-state index in [-0.39, 0.29) is 23.7 Å². The number of aliphatic hydroxyl groups is 1. The van der Waals surface area contributed by atoms with Crippen LogP contribution in [0.3, 0.4) is 0 Å². The van der Waals surface area contributed by atoms with Crippen molar-refractivity contribution in [1.29, 1.82) is 0 Å². The average molecular weight is 417 g/mol. The molecule has 1 unspecified atom stereocenters. The molecule has 4 rings (SSSR count). The van der Waals surface area contributed by atoms with E-state index in [4.69, 9.17) is 4.74 Å². The number of methoxy groups -OCH3 is 1. The molecule has 1 amide bonds. The Morgan fingerprint density at radius 3 is 2.23 bits per heavy atom. The first kappa shape index (κ1) is 20.3. The maximum absolute atomic E-state index is 13.3. The summed E-state index contributed by atoms with van der Waals surface area (Å²) in [6, 6.07) is 20.6. The van der Waals surface area contributed by atoms with Gasteiger partial charge in [-0.15, -0.1) is 0 Å². The summed E-state index contributed by atoms with van der Waals surface area (Å²) < 4.78 is 18.4. The minimum absolute atomic E-state index is 0.0171. The van der Waals surface area contributed by atoms with Crippen LogP contribution in [0, 0.1) is 5.82 Å². The summed E-state index contributed by atoms with van der Waals surface area (Å²) in [6.07, 6.45) is 0. The van der Waals surface area contributed by atoms with Crippen LogP contribution in [0.2, 0.25) is 0 Å². The Morgan fingerprint density at radius 1 is 0.968 bits per heavy atom. The van der Waals surface area contributed by atoms with Crippen molar-refractivity contribution in [3.05, 3.63) is 107 Å². The van der Waals surface area contributed by atoms with Crippen molar-refractivity contribution in [1.82, 2.24) is 4.90 Å². The van der Waals surface area contributed by atoms with Crippen LogP contribution in [0.1, 0.15) is 22.7 Å². The third kappa shape index (κ3) is 3.92. The van der Waals surface area contributed by atoms with Crippen LogP contribution in [-0.4, -0.2) is 28.8 Å². The first-order chi connectivity index (χ1) is 15.0. The Hall–Kier alpha value is -3.93. The number of Topliss-reactive ketones (excluding diaryl/α,β-unsaturated/α-hetero) is 1. The van der Waals surface area contributed by atoms with Crippen molar-refractivity contribution in [3.8, 4) is 5.75 Å². The first-order valence-electron chi connectivity index (χ1n) is 9.72. The van der Waals surface area contributed by atoms with Crippen LogP contribution in [0.15, 0.2) is 84.4 Å². The van der Waals surface area contributed by atoms with Crippen LogP contribution in [-0.2, 0) is 16.1 Å². The van der Waals surface area contributed by atoms with Gasteiger partial charge in [-0.05, 0) is 47.5 Å². The lowest BCUT2D eigenvalue weighted by Crippen LogP contribution is -2.29. The molecule has 0 radical (unpaired) electrons. The van der Waals surface area contributed by atoms with Crippen molar-refractivity contribution >= 4 is 17.4 Å². The van der Waals surface area contributed by atoms with Crippen LogP contribution >= 0.6 is 0 Å². The Labute approximate surface area is 179 Å². The van der Waals surface area contributed by atoms with Gasteiger partial charge in [0.15, 0.2) is 0 Å². The lowest BCUT2D eigenvalue weighted by atomic mass is 9.95. The van der Waals surface area contributed by atoms with E-state index in [1.165, 1.54) is 24.1 Å². The highest BCUT2D eigenvalue weighted by atomic mass is 19.1. The van der Waals surface area contributed by atoms with Crippen molar-refractivity contribution in [2.24, 2.45) is 0 Å². The third-order valence-corrected chi connectivity index (χ3v) is 5.28. The topological polar surface area (TPSA) is 66.8 Å². The number of aliphatic hydroxyl groups excluding tert-OH is 1. The van der Waals surface area contributed by atoms with E-state index in [1.807, 2.05) is 6.07 Å². The van der Waals surface area contributed by atoms with Crippen molar-refractivity contribution in [2.45, 2.75) is 12.6 Å². The number of rotatable bonds is 5. The quantitative estimate of drug-likeness (QED) is 0.378. The molecule has 1 N–H and O–H groups in total. The van der Waals surface area contributed by atoms with Crippen molar-refractivity contribution in [2.75, 3.05) is 7.11 Å². The number of ketones is 1. The second-order valence-corrected chi connectivity index (χ2v) is 7.19. The van der Waals surface area contributed by atoms with Crippen LogP contribution in [0.25, 0.3) is 5.76 Å². The molecular formula is C25H20FNO4. The number of carbonyl (C=O) groups is 2. The molecule has 1 heterocycles. The van der Waals surface area contributed by atoms with E-state index in [9.17, 15) is 19.1 Å². The van der Waals surface area contributed by atoms with Gasteiger partial charge in [-0.3, -0.25) is 9.59 Å². The predicted octanol–water partition coefficient (Wildman–Crippen LogP) is 4.46. The molecule has 6 heteroatoms. The maximum atomic E-state index is 13.3. The molecule has 1 aliphatic rings. The summed E-state index contributed by atoms with van der Waals surface area (Å²) in [7, 11) is 1.53. The molecule has 1 atom stereocenters. The summed E-state index contributed by atoms with van der Waals surface area (Å²) >= 11 is 0. The molecular weight excluding hydrogens is 397 g/mol. The molecule has 3 aromatic rings. The Kier molecular flexibility index (Phi) is 5.54. The molecule has 0 bridgehead atoms. The van der Waals surface area contributed by atoms with Gasteiger partial charge in [-0.2, -0.15) is 0 Å². The lowest BCUT2D eigenvalue weighted by Gasteiger charge is -2.25. The van der Waals surface area contributed by atoms with E-state index in [2.05, 4.69) is 0 Å². The van der Waals surface area contributed by atoms with Crippen molar-refractivity contribution < 1.29 is 23.8 Å². The predicted molar refractivity (Wildman–Crippen MR) is 114 cm³/mol. The van der Waals surface area contributed by atoms with Gasteiger partial charge in [0.2, 0.25) is 0 Å². The fourth-order valence-electron chi connectivity index (χ4n) is 3.72. The van der Waals surface area contributed by atoms with Gasteiger partial charge in [0.05, 0.1) is 18.7 Å². The standard InChI is InChI=1S/C25H20FNO4/c1-31-20-13-9-18(10-14-20)23(28)21-22(17-5-3-2-4-6-17)27(25(30)24(21)29)15-16-7-11-19(26)12-8-16/h2-14,22,28H,15H2,1H3/b23-21-. The van der Waals surface area contributed by atoms with E-state index in [0.717, 1.165) is 0 Å². The van der Waals surface area contributed by atoms with E-state index >= 15 is 0 Å². The molecule has 156 valence electrons. The number of hydrogen-bond donors (Lipinski definition) is 1. The Bertz CT molecular complexity index is 1140. The number of amides is 1. The summed E-state index contributed by atoms with van der Waals surface area (Å²) in [5.74, 6) is -1.51. The molecule has 31 heavy (non-hydrogen) atoms. The normalized spacial score (nSPS) is 17.7. The molecule has 1 fully saturated rings. The van der Waals surface area contributed by atoms with E-state index in [1.54, 1.807) is 60.7 Å². The molecule has 5 nitrogen and oxygen atoms in total. The molecule has 0 saturated carbocycles. The molecule has 1 aliphatic heterocycles. The fraction of sp³-hybridized carbons (Fsp3) is 0.120. The zero-order valence-electron chi connectivity index (χ0n) is 16.8. The molecule has 0 spiro atoms. The van der Waals surface area contributed by atoms with Gasteiger partial charge in [0.1, 0.15) is 17.3 Å². The second kappa shape index (κ2) is 8.44. The molecule has 0 aromatic heterocycles. The summed E-state index contributed by atoms with van der Waals surface area (Å²) in [5.41, 5.74) is 1.79. The van der Waals surface area contributed by atoms with Crippen LogP contribution in [0.5, 0.6) is 5.75 Å². The Morgan fingerprint density at radius 2 is 1.61 bits per heavy atom. The fourth-order valence-corrected chi connectivity index (χ4v) is 3.72. The molecule has 3 aromatic carbocycles. The zero-order valence-corrected chi connectivity index (χ0v) is 16.8. The van der Waals surface area contributed by atoms with E-state index in [0.29, 0.717) is 22.4 Å². The van der Waals surface area contributed by atoms with Crippen LogP contribution < -0.4 is 4.74 Å². The second-order valence-electron chi connectivity index (χ2n) is 7.19. The molecule has 1 saturated heterocycles. The number of carbonyl (C=O) groups excluding carboxylic acids is 2. The number of nitrogens with zero attached hydrogens (tertiary/aromatic N) is 1. The number of halogens is 1. The number of hydrogen-bond acceptors (Lipinski definition) is 4. The highest BCUT2D eigenvalue weighted by Gasteiger charge is 2.46. The SMILES string of the molecule is COc1ccc(/C(O)=C2/C(=O)C(=O)N(Cc3ccc(F)cc3)C2c2ccccc2)cc1. The highest BCUT2D eigenvalue weighted by molar-refractivity contribution is 6.46. The zero-order chi connectivity index (χ0) is 22.0. The van der Waals surface area contributed by atoms with Gasteiger partial charge in [0, 0.05) is 12.1 Å². The largest absolute Gasteiger partial charge is 0.507 e. The maximum Gasteiger partial charge on any atom is 0.295 e. The van der Waals surface area contributed by atoms with Gasteiger partial charge in [-0.1, -0.05) is 42.5 Å². The number of benzene rings is 3. The van der Waals surface area contributed by atoms with Gasteiger partial charge in [-0.25, -0.2) is 4.39 Å². The summed E-state index contributed by atoms with van der Waals surface area (Å²) in [5, 5.41) is 11.0. The van der Waals surface area contributed by atoms with Crippen molar-refractivity contribution in [3.63, 3.8) is 0 Å². The average Bonchev–Trinajstić information content (AvgIpc) is 3.05. The minimum atomic E-state index is -0.770. The first-order valence-corrected chi connectivity index (χ1v) is 9.72. The monoisotopic (exact) mass is 417 g/mol. The lowest BCUT2D eigenvalue weighted by molar-refractivity contribution is -0.140. The van der Waals surface area contributed by atoms with Gasteiger partial charge in [0.25, 0.3) is 11.7 Å². The Balaban J connectivity index is 1.81. The van der Waals surface area contributed by atoms with E-state index < -0.39 is 17.7 Å². The summed E-state index contributed by atoms with van der Waals surface area (Å²) in [6.45, 7) is 0.101. The summed E-state index contributed by atoms with van der Waals surface area (Å²) in [4.78, 5) is 27.3. The highest BCUT2D eigenvalue weighted by Crippen LogP contribution is 2.40. The molecule has 0 aliphatic carbocycles. The third-order valence-electron chi connectivity index (χ3n) is 5.28. The van der Waals surface area contributed by atoms with Crippen LogP contribution in [0.4, 0.5) is 4.39 Å². The van der Waals surface area contributed by atoms with Gasteiger partial charge < -0.3 is 14.7 Å². The smallest absolute Gasteiger partial charge is 0.295 e. The minimum Gasteiger partial charge on any atom is -0.507 e. The number of likely N-dealkylation sites (tertiary alicyclic amines) is 1. The van der Waals surface area contributed by atoms with Gasteiger partial charge >= 0.3 is 0 Å².